The van der Waals surface area contributed by atoms with E-state index in [1.165, 1.54) is 10.8 Å². The molecule has 152 valence electrons. The number of benzene rings is 2. The lowest BCUT2D eigenvalue weighted by Gasteiger charge is -2.19. The molecule has 31 heavy (non-hydrogen) atoms. The summed E-state index contributed by atoms with van der Waals surface area (Å²) in [5, 5.41) is 14.3. The van der Waals surface area contributed by atoms with Crippen LogP contribution in [0.1, 0.15) is 10.4 Å². The van der Waals surface area contributed by atoms with Crippen molar-refractivity contribution in [2.75, 3.05) is 18.5 Å². The van der Waals surface area contributed by atoms with E-state index >= 15 is 0 Å². The van der Waals surface area contributed by atoms with Crippen LogP contribution in [0.25, 0.3) is 27.9 Å². The molecule has 0 unspecified atom stereocenters. The van der Waals surface area contributed by atoms with E-state index in [2.05, 4.69) is 25.6 Å². The molecule has 0 saturated heterocycles. The molecule has 2 aromatic carbocycles. The zero-order chi connectivity index (χ0) is 20.8. The molecular weight excluding hydrogens is 398 g/mol. The molecule has 4 heterocycles. The average molecular weight is 413 g/mol. The van der Waals surface area contributed by atoms with Gasteiger partial charge in [0.15, 0.2) is 11.5 Å². The zero-order valence-corrected chi connectivity index (χ0v) is 16.1. The van der Waals surface area contributed by atoms with Gasteiger partial charge in [0.1, 0.15) is 19.5 Å². The van der Waals surface area contributed by atoms with Crippen molar-refractivity contribution < 1.29 is 14.3 Å². The minimum absolute atomic E-state index is 0.249. The number of pyridine rings is 1. The number of nitrogens with zero attached hydrogens (tertiary/aromatic N) is 5. The predicted octanol–water partition coefficient (Wildman–Crippen LogP) is 2.69. The summed E-state index contributed by atoms with van der Waals surface area (Å²) < 4.78 is 12.8. The number of para-hydroxylation sites is 1. The Morgan fingerprint density at radius 1 is 1.03 bits per heavy atom. The second-order valence-electron chi connectivity index (χ2n) is 6.93. The molecular formula is C21H15N7O3. The Bertz CT molecular complexity index is 1460. The highest BCUT2D eigenvalue weighted by Gasteiger charge is 2.18. The first kappa shape index (κ1) is 17.4. The molecule has 0 atom stereocenters. The van der Waals surface area contributed by atoms with Crippen LogP contribution in [0, 0.1) is 0 Å². The van der Waals surface area contributed by atoms with Gasteiger partial charge in [-0.3, -0.25) is 15.2 Å². The van der Waals surface area contributed by atoms with Crippen LogP contribution in [0.3, 0.4) is 0 Å². The van der Waals surface area contributed by atoms with Crippen LogP contribution in [0.2, 0.25) is 0 Å². The van der Waals surface area contributed by atoms with Crippen molar-refractivity contribution in [2.24, 2.45) is 0 Å². The van der Waals surface area contributed by atoms with Crippen molar-refractivity contribution in [1.29, 1.82) is 0 Å². The summed E-state index contributed by atoms with van der Waals surface area (Å²) in [6.45, 7) is 1.02. The third kappa shape index (κ3) is 2.92. The van der Waals surface area contributed by atoms with Crippen LogP contribution in [0.5, 0.6) is 11.5 Å². The van der Waals surface area contributed by atoms with Gasteiger partial charge in [-0.15, -0.1) is 10.2 Å². The SMILES string of the molecule is O=C(Nc1nnc2nc[nH]n12)c1cc(-c2ccc3c(c2)OCCO3)nc2ccccc12. The Morgan fingerprint density at radius 2 is 1.90 bits per heavy atom. The largest absolute Gasteiger partial charge is 0.486 e. The third-order valence-electron chi connectivity index (χ3n) is 5.04. The third-order valence-corrected chi connectivity index (χ3v) is 5.04. The lowest BCUT2D eigenvalue weighted by atomic mass is 10.0. The average Bonchev–Trinajstić information content (AvgIpc) is 3.43. The number of H-pyrrole nitrogens is 1. The van der Waals surface area contributed by atoms with E-state index in [0.717, 1.165) is 10.9 Å². The Hall–Kier alpha value is -4.47. The molecule has 0 radical (unpaired) electrons. The molecule has 2 N–H and O–H groups in total. The van der Waals surface area contributed by atoms with Crippen LogP contribution in [-0.4, -0.2) is 48.9 Å². The number of hydrogen-bond acceptors (Lipinski definition) is 7. The van der Waals surface area contributed by atoms with Gasteiger partial charge < -0.3 is 9.47 Å². The van der Waals surface area contributed by atoms with E-state index in [1.54, 1.807) is 6.07 Å². The lowest BCUT2D eigenvalue weighted by Crippen LogP contribution is -2.16. The van der Waals surface area contributed by atoms with Crippen molar-refractivity contribution in [2.45, 2.75) is 0 Å². The molecule has 6 rings (SSSR count). The number of ether oxygens (including phenoxy) is 2. The Balaban J connectivity index is 1.45. The fraction of sp³-hybridized carbons (Fsp3) is 0.0952. The smallest absolute Gasteiger partial charge is 0.273 e. The molecule has 0 aliphatic carbocycles. The maximum atomic E-state index is 13.2. The van der Waals surface area contributed by atoms with Gasteiger partial charge in [0.25, 0.3) is 17.6 Å². The van der Waals surface area contributed by atoms with Crippen molar-refractivity contribution in [3.8, 4) is 22.8 Å². The fourth-order valence-corrected chi connectivity index (χ4v) is 3.59. The number of hydrogen-bond donors (Lipinski definition) is 2. The molecule has 0 bridgehead atoms. The molecule has 3 aromatic heterocycles. The van der Waals surface area contributed by atoms with Crippen LogP contribution in [0.4, 0.5) is 5.95 Å². The number of fused-ring (bicyclic) bond motifs is 3. The number of anilines is 1. The second kappa shape index (κ2) is 6.80. The van der Waals surface area contributed by atoms with Crippen molar-refractivity contribution >= 4 is 28.5 Å². The van der Waals surface area contributed by atoms with Crippen molar-refractivity contribution in [3.05, 3.63) is 60.4 Å². The fourth-order valence-electron chi connectivity index (χ4n) is 3.59. The predicted molar refractivity (Wildman–Crippen MR) is 111 cm³/mol. The van der Waals surface area contributed by atoms with Gasteiger partial charge in [-0.1, -0.05) is 18.2 Å². The number of amides is 1. The quantitative estimate of drug-likeness (QED) is 0.467. The minimum Gasteiger partial charge on any atom is -0.486 e. The van der Waals surface area contributed by atoms with E-state index in [4.69, 9.17) is 14.5 Å². The topological polar surface area (TPSA) is 119 Å². The summed E-state index contributed by atoms with van der Waals surface area (Å²) in [6.07, 6.45) is 1.47. The van der Waals surface area contributed by atoms with Crippen LogP contribution >= 0.6 is 0 Å². The number of carbonyl (C=O) groups excluding carboxylic acids is 1. The Kier molecular flexibility index (Phi) is 3.82. The highest BCUT2D eigenvalue weighted by atomic mass is 16.6. The van der Waals surface area contributed by atoms with E-state index in [0.29, 0.717) is 47.3 Å². The molecule has 0 spiro atoms. The van der Waals surface area contributed by atoms with Crippen LogP contribution in [-0.2, 0) is 0 Å². The van der Waals surface area contributed by atoms with E-state index in [9.17, 15) is 4.79 Å². The van der Waals surface area contributed by atoms with Gasteiger partial charge in [0.05, 0.1) is 16.8 Å². The van der Waals surface area contributed by atoms with Gasteiger partial charge in [0.2, 0.25) is 0 Å². The second-order valence-corrected chi connectivity index (χ2v) is 6.93. The monoisotopic (exact) mass is 413 g/mol. The standard InChI is InChI=1S/C21H15N7O3/c29-19(25-21-27-26-20-22-11-23-28(20)21)14-10-16(24-15-4-2-1-3-13(14)15)12-5-6-17-18(9-12)31-8-7-30-17/h1-6,9-11H,7-8H2,(H,22,23,26)(H,25,27,29). The Morgan fingerprint density at radius 3 is 2.84 bits per heavy atom. The first-order chi connectivity index (χ1) is 15.3. The molecule has 5 aromatic rings. The molecule has 1 aliphatic rings. The molecule has 10 heteroatoms. The van der Waals surface area contributed by atoms with Crippen LogP contribution < -0.4 is 14.8 Å². The highest BCUT2D eigenvalue weighted by molar-refractivity contribution is 6.12. The van der Waals surface area contributed by atoms with Gasteiger partial charge in [-0.25, -0.2) is 4.98 Å². The van der Waals surface area contributed by atoms with Crippen molar-refractivity contribution in [3.63, 3.8) is 0 Å². The summed E-state index contributed by atoms with van der Waals surface area (Å²) in [4.78, 5) is 22.0. The Labute approximate surface area is 174 Å². The number of nitrogens with one attached hydrogen (secondary N) is 2. The number of aromatic amines is 1. The zero-order valence-electron chi connectivity index (χ0n) is 16.1. The maximum absolute atomic E-state index is 13.2. The van der Waals surface area contributed by atoms with E-state index < -0.39 is 0 Å². The van der Waals surface area contributed by atoms with Gasteiger partial charge in [0, 0.05) is 10.9 Å². The molecule has 0 fully saturated rings. The van der Waals surface area contributed by atoms with Crippen LogP contribution in [0.15, 0.2) is 54.9 Å². The van der Waals surface area contributed by atoms with Crippen molar-refractivity contribution in [1.82, 2.24) is 29.8 Å². The maximum Gasteiger partial charge on any atom is 0.273 e. The van der Waals surface area contributed by atoms with Gasteiger partial charge in [-0.05, 0) is 30.3 Å². The van der Waals surface area contributed by atoms with Gasteiger partial charge >= 0.3 is 0 Å². The summed E-state index contributed by atoms with van der Waals surface area (Å²) in [6, 6.07) is 14.9. The molecule has 1 aliphatic heterocycles. The lowest BCUT2D eigenvalue weighted by molar-refractivity contribution is 0.102. The molecule has 0 saturated carbocycles. The van der Waals surface area contributed by atoms with E-state index in [1.807, 2.05) is 42.5 Å². The highest BCUT2D eigenvalue weighted by Crippen LogP contribution is 2.35. The molecule has 1 amide bonds. The summed E-state index contributed by atoms with van der Waals surface area (Å²) in [5.41, 5.74) is 2.64. The number of aromatic nitrogens is 6. The summed E-state index contributed by atoms with van der Waals surface area (Å²) in [5.74, 6) is 1.64. The summed E-state index contributed by atoms with van der Waals surface area (Å²) >= 11 is 0. The molecule has 10 nitrogen and oxygen atoms in total. The normalized spacial score (nSPS) is 12.9. The number of carbonyl (C=O) groups is 1. The van der Waals surface area contributed by atoms with Gasteiger partial charge in [-0.2, -0.15) is 9.50 Å². The summed E-state index contributed by atoms with van der Waals surface area (Å²) in [7, 11) is 0. The minimum atomic E-state index is -0.332. The number of rotatable bonds is 3. The first-order valence-electron chi connectivity index (χ1n) is 9.62. The first-order valence-corrected chi connectivity index (χ1v) is 9.62. The van der Waals surface area contributed by atoms with E-state index in [-0.39, 0.29) is 11.9 Å².